The van der Waals surface area contributed by atoms with Gasteiger partial charge in [0.15, 0.2) is 0 Å². The van der Waals surface area contributed by atoms with Crippen LogP contribution in [0.2, 0.25) is 0 Å². The van der Waals surface area contributed by atoms with Gasteiger partial charge in [0.1, 0.15) is 0 Å². The van der Waals surface area contributed by atoms with Crippen LogP contribution < -0.4 is 5.32 Å². The first-order valence-electron chi connectivity index (χ1n) is 9.10. The third-order valence-electron chi connectivity index (χ3n) is 6.14. The smallest absolute Gasteiger partial charge is 0.317 e. The van der Waals surface area contributed by atoms with E-state index in [1.54, 1.807) is 0 Å². The summed E-state index contributed by atoms with van der Waals surface area (Å²) in [4.78, 5) is 17.4. The number of fused-ring (bicyclic) bond motifs is 4. The molecular weight excluding hydrogens is 278 g/mol. The van der Waals surface area contributed by atoms with E-state index in [4.69, 9.17) is 4.74 Å². The molecule has 5 heteroatoms. The van der Waals surface area contributed by atoms with Crippen LogP contribution in [0.1, 0.15) is 52.4 Å². The quantitative estimate of drug-likeness (QED) is 0.848. The summed E-state index contributed by atoms with van der Waals surface area (Å²) in [6.07, 6.45) is 7.62. The van der Waals surface area contributed by atoms with Gasteiger partial charge in [0, 0.05) is 31.2 Å². The Morgan fingerprint density at radius 1 is 1.14 bits per heavy atom. The van der Waals surface area contributed by atoms with Gasteiger partial charge < -0.3 is 15.0 Å². The van der Waals surface area contributed by atoms with Crippen LogP contribution in [0.15, 0.2) is 0 Å². The Kier molecular flexibility index (Phi) is 3.81. The van der Waals surface area contributed by atoms with Crippen LogP contribution >= 0.6 is 0 Å². The van der Waals surface area contributed by atoms with E-state index < -0.39 is 0 Å². The van der Waals surface area contributed by atoms with Gasteiger partial charge in [0.05, 0.1) is 18.2 Å². The predicted molar refractivity (Wildman–Crippen MR) is 84.8 cm³/mol. The van der Waals surface area contributed by atoms with Gasteiger partial charge in [-0.25, -0.2) is 4.79 Å². The SMILES string of the molecule is CC(C)N1[C@H]2CC[C@H]1CN(C(=O)N[C@@H]1C[C@H]3CC[C@H]1O3)CC2. The summed E-state index contributed by atoms with van der Waals surface area (Å²) in [5, 5.41) is 3.25. The Balaban J connectivity index is 1.38. The van der Waals surface area contributed by atoms with Gasteiger partial charge in [0.25, 0.3) is 0 Å². The van der Waals surface area contributed by atoms with Crippen LogP contribution in [-0.2, 0) is 4.74 Å². The van der Waals surface area contributed by atoms with Crippen LogP contribution in [0.25, 0.3) is 0 Å². The number of rotatable bonds is 2. The van der Waals surface area contributed by atoms with Crippen molar-refractivity contribution in [3.8, 4) is 0 Å². The first-order chi connectivity index (χ1) is 10.6. The number of ether oxygens (including phenoxy) is 1. The zero-order valence-electron chi connectivity index (χ0n) is 13.8. The third-order valence-corrected chi connectivity index (χ3v) is 6.14. The number of nitrogens with one attached hydrogen (secondary N) is 1. The molecule has 0 radical (unpaired) electrons. The van der Waals surface area contributed by atoms with Crippen molar-refractivity contribution in [3.63, 3.8) is 0 Å². The Morgan fingerprint density at radius 2 is 1.95 bits per heavy atom. The molecule has 0 unspecified atom stereocenters. The Labute approximate surface area is 133 Å². The molecule has 124 valence electrons. The van der Waals surface area contributed by atoms with E-state index in [2.05, 4.69) is 29.0 Å². The number of hydrogen-bond donors (Lipinski definition) is 1. The van der Waals surface area contributed by atoms with Crippen molar-refractivity contribution in [2.75, 3.05) is 13.1 Å². The summed E-state index contributed by atoms with van der Waals surface area (Å²) in [5.74, 6) is 0. The molecule has 5 nitrogen and oxygen atoms in total. The molecule has 0 aromatic rings. The minimum atomic E-state index is 0.136. The fraction of sp³-hybridized carbons (Fsp3) is 0.941. The fourth-order valence-electron chi connectivity index (χ4n) is 5.18. The number of urea groups is 1. The molecule has 0 aliphatic carbocycles. The lowest BCUT2D eigenvalue weighted by atomic mass is 9.96. The zero-order valence-corrected chi connectivity index (χ0v) is 13.8. The number of carbonyl (C=O) groups excluding carboxylic acids is 1. The van der Waals surface area contributed by atoms with Gasteiger partial charge in [-0.3, -0.25) is 4.90 Å². The molecule has 5 atom stereocenters. The summed E-state index contributed by atoms with van der Waals surface area (Å²) >= 11 is 0. The molecule has 4 fully saturated rings. The lowest BCUT2D eigenvalue weighted by molar-refractivity contribution is 0.0967. The topological polar surface area (TPSA) is 44.8 Å². The highest BCUT2D eigenvalue weighted by Gasteiger charge is 2.43. The molecule has 4 aliphatic heterocycles. The van der Waals surface area contributed by atoms with E-state index in [0.29, 0.717) is 24.2 Å². The van der Waals surface area contributed by atoms with Crippen molar-refractivity contribution in [2.24, 2.45) is 0 Å². The fourth-order valence-corrected chi connectivity index (χ4v) is 5.18. The lowest BCUT2D eigenvalue weighted by Crippen LogP contribution is -2.51. The van der Waals surface area contributed by atoms with E-state index in [0.717, 1.165) is 32.4 Å². The molecule has 4 rings (SSSR count). The normalized spacial score (nSPS) is 41.2. The van der Waals surface area contributed by atoms with Crippen LogP contribution in [-0.4, -0.2) is 65.3 Å². The van der Waals surface area contributed by atoms with Crippen molar-refractivity contribution in [2.45, 2.75) is 88.7 Å². The second-order valence-corrected chi connectivity index (χ2v) is 7.83. The number of likely N-dealkylation sites (tertiary alicyclic amines) is 1. The number of nitrogens with zero attached hydrogens (tertiary/aromatic N) is 2. The summed E-state index contributed by atoms with van der Waals surface area (Å²) in [5.41, 5.74) is 0. The minimum absolute atomic E-state index is 0.136. The summed E-state index contributed by atoms with van der Waals surface area (Å²) in [6.45, 7) is 6.36. The molecular formula is C17H29N3O2. The van der Waals surface area contributed by atoms with E-state index in [9.17, 15) is 4.79 Å². The van der Waals surface area contributed by atoms with E-state index in [-0.39, 0.29) is 18.2 Å². The van der Waals surface area contributed by atoms with Crippen molar-refractivity contribution in [3.05, 3.63) is 0 Å². The Bertz CT molecular complexity index is 442. The molecule has 0 aromatic carbocycles. The zero-order chi connectivity index (χ0) is 15.3. The lowest BCUT2D eigenvalue weighted by Gasteiger charge is -2.32. The molecule has 4 heterocycles. The highest BCUT2D eigenvalue weighted by Crippen LogP contribution is 2.35. The molecule has 4 aliphatic rings. The van der Waals surface area contributed by atoms with Gasteiger partial charge in [-0.05, 0) is 52.4 Å². The maximum Gasteiger partial charge on any atom is 0.317 e. The Morgan fingerprint density at radius 3 is 2.64 bits per heavy atom. The van der Waals surface area contributed by atoms with E-state index >= 15 is 0 Å². The molecule has 2 amide bonds. The average molecular weight is 307 g/mol. The van der Waals surface area contributed by atoms with Crippen LogP contribution in [0.3, 0.4) is 0 Å². The van der Waals surface area contributed by atoms with Crippen LogP contribution in [0.4, 0.5) is 4.79 Å². The van der Waals surface area contributed by atoms with Crippen molar-refractivity contribution >= 4 is 6.03 Å². The monoisotopic (exact) mass is 307 g/mol. The van der Waals surface area contributed by atoms with Crippen LogP contribution in [0.5, 0.6) is 0 Å². The molecule has 0 saturated carbocycles. The van der Waals surface area contributed by atoms with Gasteiger partial charge in [-0.1, -0.05) is 0 Å². The first kappa shape index (κ1) is 14.8. The van der Waals surface area contributed by atoms with Gasteiger partial charge in [-0.2, -0.15) is 0 Å². The van der Waals surface area contributed by atoms with Crippen molar-refractivity contribution in [1.82, 2.24) is 15.1 Å². The highest BCUT2D eigenvalue weighted by molar-refractivity contribution is 5.74. The van der Waals surface area contributed by atoms with E-state index in [1.807, 2.05) is 0 Å². The van der Waals surface area contributed by atoms with Gasteiger partial charge in [0.2, 0.25) is 0 Å². The largest absolute Gasteiger partial charge is 0.373 e. The van der Waals surface area contributed by atoms with Gasteiger partial charge in [-0.15, -0.1) is 0 Å². The van der Waals surface area contributed by atoms with Gasteiger partial charge >= 0.3 is 6.03 Å². The maximum atomic E-state index is 12.7. The number of amides is 2. The van der Waals surface area contributed by atoms with Crippen molar-refractivity contribution in [1.29, 1.82) is 0 Å². The summed E-state index contributed by atoms with van der Waals surface area (Å²) < 4.78 is 5.85. The second-order valence-electron chi connectivity index (χ2n) is 7.83. The minimum Gasteiger partial charge on any atom is -0.373 e. The highest BCUT2D eigenvalue weighted by atomic mass is 16.5. The summed E-state index contributed by atoms with van der Waals surface area (Å²) in [6, 6.07) is 2.19. The molecule has 0 spiro atoms. The van der Waals surface area contributed by atoms with Crippen molar-refractivity contribution < 1.29 is 9.53 Å². The molecule has 22 heavy (non-hydrogen) atoms. The number of hydrogen-bond acceptors (Lipinski definition) is 3. The van der Waals surface area contributed by atoms with Crippen LogP contribution in [0, 0.1) is 0 Å². The molecule has 4 saturated heterocycles. The molecule has 1 N–H and O–H groups in total. The summed E-state index contributed by atoms with van der Waals surface area (Å²) in [7, 11) is 0. The standard InChI is InChI=1S/C17H29N3O2/c1-11(2)20-12-3-4-13(20)10-19(8-7-12)17(21)18-15-9-14-5-6-16(15)22-14/h11-16H,3-10H2,1-2H3,(H,18,21)/t12-,13-,14+,15+,16+/m0/s1. The Hall–Kier alpha value is -0.810. The third kappa shape index (κ3) is 2.52. The molecule has 4 bridgehead atoms. The predicted octanol–water partition coefficient (Wildman–Crippen LogP) is 1.96. The molecule has 0 aromatic heterocycles. The number of carbonyl (C=O) groups is 1. The van der Waals surface area contributed by atoms with E-state index in [1.165, 1.54) is 19.3 Å². The maximum absolute atomic E-state index is 12.7. The second kappa shape index (κ2) is 5.68. The average Bonchev–Trinajstić information content (AvgIpc) is 3.12. The first-order valence-corrected chi connectivity index (χ1v) is 9.10.